The quantitative estimate of drug-likeness (QED) is 0.797. The molecule has 0 saturated heterocycles. The normalized spacial score (nSPS) is 12.1. The first-order chi connectivity index (χ1) is 6.54. The van der Waals surface area contributed by atoms with Gasteiger partial charge in [-0.05, 0) is 18.4 Å². The van der Waals surface area contributed by atoms with Gasteiger partial charge in [-0.15, -0.1) is 11.3 Å². The number of rotatable bonds is 3. The number of nitrogens with zero attached hydrogens (tertiary/aromatic N) is 1. The van der Waals surface area contributed by atoms with Crippen LogP contribution in [0.1, 0.15) is 16.6 Å². The van der Waals surface area contributed by atoms with E-state index in [-0.39, 0.29) is 11.9 Å². The number of amides is 1. The van der Waals surface area contributed by atoms with Crippen LogP contribution in [0.5, 0.6) is 0 Å². The Balaban J connectivity index is 2.76. The van der Waals surface area contributed by atoms with Crippen LogP contribution in [-0.2, 0) is 0 Å². The molecule has 0 aliphatic heterocycles. The Morgan fingerprint density at radius 3 is 2.79 bits per heavy atom. The first-order valence-corrected chi connectivity index (χ1v) is 5.43. The average molecular weight is 228 g/mol. The van der Waals surface area contributed by atoms with Crippen molar-refractivity contribution in [1.29, 1.82) is 0 Å². The van der Waals surface area contributed by atoms with E-state index in [1.54, 1.807) is 18.0 Å². The third-order valence-electron chi connectivity index (χ3n) is 2.05. The van der Waals surface area contributed by atoms with Crippen molar-refractivity contribution in [2.45, 2.75) is 13.0 Å². The van der Waals surface area contributed by atoms with Gasteiger partial charge in [0.15, 0.2) is 0 Å². The molecule has 5 heteroatoms. The fraction of sp³-hybridized carbons (Fsp3) is 0.333. The Labute approximate surface area is 92.5 Å². The minimum atomic E-state index is -0.209. The third kappa shape index (κ3) is 2.30. The molecule has 0 aliphatic rings. The third-order valence-corrected chi connectivity index (χ3v) is 3.24. The molecule has 1 atom stereocenters. The fourth-order valence-electron chi connectivity index (χ4n) is 0.941. The predicted molar refractivity (Wildman–Crippen MR) is 62.7 cm³/mol. The van der Waals surface area contributed by atoms with Crippen LogP contribution < -0.4 is 5.73 Å². The number of likely N-dealkylation sites (N-methyl/N-ethyl adjacent to an activating group) is 1. The summed E-state index contributed by atoms with van der Waals surface area (Å²) in [6, 6.07) is 3.42. The van der Waals surface area contributed by atoms with Crippen LogP contribution in [0.15, 0.2) is 17.5 Å². The van der Waals surface area contributed by atoms with E-state index in [0.29, 0.717) is 9.87 Å². The standard InChI is InChI=1S/C9H12N2OS2/c1-6(8(10)13)11(2)9(12)7-4-3-5-14-7/h3-6H,1-2H3,(H2,10,13). The van der Waals surface area contributed by atoms with Gasteiger partial charge in [-0.3, -0.25) is 4.79 Å². The number of thiophene rings is 1. The molecule has 1 aromatic rings. The Morgan fingerprint density at radius 2 is 2.36 bits per heavy atom. The summed E-state index contributed by atoms with van der Waals surface area (Å²) in [5.41, 5.74) is 5.47. The van der Waals surface area contributed by atoms with E-state index in [2.05, 4.69) is 0 Å². The molecule has 0 fully saturated rings. The van der Waals surface area contributed by atoms with Crippen LogP contribution in [0.25, 0.3) is 0 Å². The summed E-state index contributed by atoms with van der Waals surface area (Å²) in [5, 5.41) is 1.87. The van der Waals surface area contributed by atoms with Crippen molar-refractivity contribution in [3.8, 4) is 0 Å². The van der Waals surface area contributed by atoms with Crippen LogP contribution in [-0.4, -0.2) is 28.9 Å². The van der Waals surface area contributed by atoms with Crippen LogP contribution in [0.4, 0.5) is 0 Å². The maximum absolute atomic E-state index is 11.8. The summed E-state index contributed by atoms with van der Waals surface area (Å²) >= 11 is 6.24. The maximum atomic E-state index is 11.8. The second-order valence-electron chi connectivity index (χ2n) is 2.97. The van der Waals surface area contributed by atoms with Gasteiger partial charge >= 0.3 is 0 Å². The molecule has 14 heavy (non-hydrogen) atoms. The number of nitrogens with two attached hydrogens (primary N) is 1. The zero-order valence-corrected chi connectivity index (χ0v) is 9.69. The molecule has 0 bridgehead atoms. The highest BCUT2D eigenvalue weighted by Gasteiger charge is 2.19. The molecule has 3 nitrogen and oxygen atoms in total. The molecule has 1 unspecified atom stereocenters. The summed E-state index contributed by atoms with van der Waals surface area (Å²) in [4.78, 5) is 14.4. The second kappa shape index (κ2) is 4.52. The van der Waals surface area contributed by atoms with E-state index in [4.69, 9.17) is 18.0 Å². The van der Waals surface area contributed by atoms with E-state index in [1.807, 2.05) is 18.4 Å². The van der Waals surface area contributed by atoms with E-state index >= 15 is 0 Å². The Hall–Kier alpha value is -0.940. The Bertz CT molecular complexity index is 335. The first-order valence-electron chi connectivity index (χ1n) is 4.14. The smallest absolute Gasteiger partial charge is 0.264 e. The predicted octanol–water partition coefficient (Wildman–Crippen LogP) is 1.49. The van der Waals surface area contributed by atoms with Gasteiger partial charge in [0.25, 0.3) is 5.91 Å². The van der Waals surface area contributed by atoms with E-state index in [1.165, 1.54) is 11.3 Å². The topological polar surface area (TPSA) is 46.3 Å². The minimum Gasteiger partial charge on any atom is -0.392 e. The lowest BCUT2D eigenvalue weighted by atomic mass is 10.3. The molecule has 2 N–H and O–H groups in total. The monoisotopic (exact) mass is 228 g/mol. The zero-order chi connectivity index (χ0) is 10.7. The minimum absolute atomic E-state index is 0.0414. The van der Waals surface area contributed by atoms with Gasteiger partial charge in [0.2, 0.25) is 0 Å². The van der Waals surface area contributed by atoms with E-state index in [0.717, 1.165) is 0 Å². The van der Waals surface area contributed by atoms with Crippen LogP contribution >= 0.6 is 23.6 Å². The summed E-state index contributed by atoms with van der Waals surface area (Å²) in [5.74, 6) is -0.0414. The molecule has 0 spiro atoms. The number of thiocarbonyl (C=S) groups is 1. The average Bonchev–Trinajstić information content (AvgIpc) is 2.67. The molecular weight excluding hydrogens is 216 g/mol. The van der Waals surface area contributed by atoms with Crippen LogP contribution in [0.2, 0.25) is 0 Å². The summed E-state index contributed by atoms with van der Waals surface area (Å²) in [6.07, 6.45) is 0. The van der Waals surface area contributed by atoms with Crippen molar-refractivity contribution < 1.29 is 4.79 Å². The Morgan fingerprint density at radius 1 is 1.71 bits per heavy atom. The highest BCUT2D eigenvalue weighted by molar-refractivity contribution is 7.80. The lowest BCUT2D eigenvalue weighted by molar-refractivity contribution is 0.0784. The van der Waals surface area contributed by atoms with Gasteiger partial charge in [-0.1, -0.05) is 18.3 Å². The van der Waals surface area contributed by atoms with Gasteiger partial charge in [0, 0.05) is 7.05 Å². The Kier molecular flexibility index (Phi) is 3.60. The maximum Gasteiger partial charge on any atom is 0.264 e. The van der Waals surface area contributed by atoms with Crippen LogP contribution in [0.3, 0.4) is 0 Å². The molecule has 76 valence electrons. The van der Waals surface area contributed by atoms with Gasteiger partial charge < -0.3 is 10.6 Å². The summed E-state index contributed by atoms with van der Waals surface area (Å²) < 4.78 is 0. The van der Waals surface area contributed by atoms with Crippen LogP contribution in [0, 0.1) is 0 Å². The van der Waals surface area contributed by atoms with Gasteiger partial charge in [0.1, 0.15) is 0 Å². The van der Waals surface area contributed by atoms with Gasteiger partial charge in [-0.2, -0.15) is 0 Å². The molecule has 1 aromatic heterocycles. The molecule has 0 aliphatic carbocycles. The van der Waals surface area contributed by atoms with Crippen molar-refractivity contribution in [1.82, 2.24) is 4.90 Å². The molecule has 1 rings (SSSR count). The van der Waals surface area contributed by atoms with E-state index < -0.39 is 0 Å². The van der Waals surface area contributed by atoms with Gasteiger partial charge in [-0.25, -0.2) is 0 Å². The number of carbonyl (C=O) groups excluding carboxylic acids is 1. The van der Waals surface area contributed by atoms with E-state index in [9.17, 15) is 4.79 Å². The largest absolute Gasteiger partial charge is 0.392 e. The molecule has 0 aromatic carbocycles. The fourth-order valence-corrected chi connectivity index (χ4v) is 1.80. The first kappa shape index (κ1) is 11.1. The molecule has 1 heterocycles. The number of hydrogen-bond donors (Lipinski definition) is 1. The highest BCUT2D eigenvalue weighted by Crippen LogP contribution is 2.12. The summed E-state index contributed by atoms with van der Waals surface area (Å²) in [7, 11) is 1.70. The SMILES string of the molecule is CC(C(N)=S)N(C)C(=O)c1cccs1. The summed E-state index contributed by atoms with van der Waals surface area (Å²) in [6.45, 7) is 1.81. The molecule has 0 radical (unpaired) electrons. The number of hydrogen-bond acceptors (Lipinski definition) is 3. The van der Waals surface area contributed by atoms with Crippen molar-refractivity contribution >= 4 is 34.5 Å². The number of carbonyl (C=O) groups is 1. The lowest BCUT2D eigenvalue weighted by Crippen LogP contribution is -2.42. The zero-order valence-electron chi connectivity index (χ0n) is 8.06. The highest BCUT2D eigenvalue weighted by atomic mass is 32.1. The van der Waals surface area contributed by atoms with Crippen molar-refractivity contribution in [2.75, 3.05) is 7.05 Å². The van der Waals surface area contributed by atoms with Crippen molar-refractivity contribution in [3.63, 3.8) is 0 Å². The van der Waals surface area contributed by atoms with Crippen molar-refractivity contribution in [3.05, 3.63) is 22.4 Å². The second-order valence-corrected chi connectivity index (χ2v) is 4.39. The molecule has 0 saturated carbocycles. The lowest BCUT2D eigenvalue weighted by Gasteiger charge is -2.23. The molecule has 1 amide bonds. The van der Waals surface area contributed by atoms with Crippen molar-refractivity contribution in [2.24, 2.45) is 5.73 Å². The molecular formula is C9H12N2OS2. The van der Waals surface area contributed by atoms with Gasteiger partial charge in [0.05, 0.1) is 15.9 Å².